The standard InChI is InChI=1S/C19H20O7/c1-22-14-5-12(6-15(9-14)23-2)18(20)11-26-17-8-13(19(21)25-4)7-16(10-17)24-3/h5-10H,11H2,1-4H3. The molecule has 138 valence electrons. The lowest BCUT2D eigenvalue weighted by molar-refractivity contribution is 0.0600. The number of rotatable bonds is 8. The number of methoxy groups -OCH3 is 4. The van der Waals surface area contributed by atoms with Crippen LogP contribution in [0.25, 0.3) is 0 Å². The first-order chi connectivity index (χ1) is 12.5. The summed E-state index contributed by atoms with van der Waals surface area (Å²) < 4.78 is 25.7. The summed E-state index contributed by atoms with van der Waals surface area (Å²) in [5, 5.41) is 0. The predicted octanol–water partition coefficient (Wildman–Crippen LogP) is 2.76. The van der Waals surface area contributed by atoms with Crippen molar-refractivity contribution < 1.29 is 33.3 Å². The minimum atomic E-state index is -0.530. The molecule has 0 aliphatic heterocycles. The third-order valence-electron chi connectivity index (χ3n) is 3.58. The van der Waals surface area contributed by atoms with Gasteiger partial charge in [-0.1, -0.05) is 0 Å². The van der Waals surface area contributed by atoms with E-state index in [4.69, 9.17) is 23.7 Å². The lowest BCUT2D eigenvalue weighted by Gasteiger charge is -2.11. The fraction of sp³-hybridized carbons (Fsp3) is 0.263. The van der Waals surface area contributed by atoms with Gasteiger partial charge in [0.05, 0.1) is 34.0 Å². The third-order valence-corrected chi connectivity index (χ3v) is 3.58. The number of ketones is 1. The molecule has 0 aliphatic rings. The Morgan fingerprint density at radius 2 is 1.15 bits per heavy atom. The molecule has 0 bridgehead atoms. The average Bonchev–Trinajstić information content (AvgIpc) is 2.70. The molecule has 0 aliphatic carbocycles. The van der Waals surface area contributed by atoms with Gasteiger partial charge >= 0.3 is 5.97 Å². The van der Waals surface area contributed by atoms with Crippen molar-refractivity contribution in [3.05, 3.63) is 47.5 Å². The molecule has 0 fully saturated rings. The van der Waals surface area contributed by atoms with E-state index in [1.807, 2.05) is 0 Å². The van der Waals surface area contributed by atoms with Crippen LogP contribution >= 0.6 is 0 Å². The van der Waals surface area contributed by atoms with Gasteiger partial charge in [0.2, 0.25) is 0 Å². The van der Waals surface area contributed by atoms with E-state index >= 15 is 0 Å². The fourth-order valence-corrected chi connectivity index (χ4v) is 2.21. The fourth-order valence-electron chi connectivity index (χ4n) is 2.21. The monoisotopic (exact) mass is 360 g/mol. The highest BCUT2D eigenvalue weighted by Crippen LogP contribution is 2.25. The van der Waals surface area contributed by atoms with Crippen LogP contribution in [0.15, 0.2) is 36.4 Å². The van der Waals surface area contributed by atoms with Crippen molar-refractivity contribution in [3.63, 3.8) is 0 Å². The molecular formula is C19H20O7. The molecule has 2 aromatic carbocycles. The normalized spacial score (nSPS) is 10.0. The Morgan fingerprint density at radius 3 is 1.65 bits per heavy atom. The van der Waals surface area contributed by atoms with E-state index in [9.17, 15) is 9.59 Å². The Labute approximate surface area is 151 Å². The summed E-state index contributed by atoms with van der Waals surface area (Å²) in [4.78, 5) is 24.1. The van der Waals surface area contributed by atoms with E-state index in [0.29, 0.717) is 28.6 Å². The lowest BCUT2D eigenvalue weighted by atomic mass is 10.1. The molecule has 7 nitrogen and oxygen atoms in total. The molecule has 0 heterocycles. The van der Waals surface area contributed by atoms with Crippen molar-refractivity contribution in [3.8, 4) is 23.0 Å². The van der Waals surface area contributed by atoms with Gasteiger partial charge in [-0.15, -0.1) is 0 Å². The second-order valence-electron chi connectivity index (χ2n) is 5.20. The van der Waals surface area contributed by atoms with Crippen LogP contribution in [0.4, 0.5) is 0 Å². The minimum Gasteiger partial charge on any atom is -0.497 e. The van der Waals surface area contributed by atoms with Gasteiger partial charge < -0.3 is 23.7 Å². The Kier molecular flexibility index (Phi) is 6.43. The highest BCUT2D eigenvalue weighted by molar-refractivity contribution is 5.98. The summed E-state index contributed by atoms with van der Waals surface area (Å²) in [6.07, 6.45) is 0. The molecule has 0 saturated carbocycles. The van der Waals surface area contributed by atoms with Crippen molar-refractivity contribution in [2.75, 3.05) is 35.0 Å². The molecule has 0 radical (unpaired) electrons. The first-order valence-electron chi connectivity index (χ1n) is 7.67. The summed E-state index contributed by atoms with van der Waals surface area (Å²) in [7, 11) is 5.75. The van der Waals surface area contributed by atoms with E-state index in [0.717, 1.165) is 0 Å². The van der Waals surface area contributed by atoms with Crippen molar-refractivity contribution >= 4 is 11.8 Å². The highest BCUT2D eigenvalue weighted by atomic mass is 16.5. The Balaban J connectivity index is 2.18. The predicted molar refractivity (Wildman–Crippen MR) is 93.7 cm³/mol. The Bertz CT molecular complexity index is 776. The Morgan fingerprint density at radius 1 is 0.692 bits per heavy atom. The van der Waals surface area contributed by atoms with Gasteiger partial charge in [0.1, 0.15) is 23.0 Å². The van der Waals surface area contributed by atoms with E-state index in [1.165, 1.54) is 40.6 Å². The molecule has 0 atom stereocenters. The molecule has 2 rings (SSSR count). The van der Waals surface area contributed by atoms with Gasteiger partial charge in [-0.2, -0.15) is 0 Å². The summed E-state index contributed by atoms with van der Waals surface area (Å²) in [6, 6.07) is 9.44. The van der Waals surface area contributed by atoms with Crippen LogP contribution in [0.3, 0.4) is 0 Å². The summed E-state index contributed by atoms with van der Waals surface area (Å²) in [6.45, 7) is -0.232. The van der Waals surface area contributed by atoms with Gasteiger partial charge in [0.15, 0.2) is 12.4 Å². The maximum absolute atomic E-state index is 12.4. The first kappa shape index (κ1) is 19.1. The molecular weight excluding hydrogens is 340 g/mol. The summed E-state index contributed by atoms with van der Waals surface area (Å²) in [5.41, 5.74) is 0.648. The molecule has 7 heteroatoms. The van der Waals surface area contributed by atoms with E-state index in [-0.39, 0.29) is 18.0 Å². The van der Waals surface area contributed by atoms with Crippen LogP contribution in [-0.2, 0) is 4.74 Å². The van der Waals surface area contributed by atoms with Crippen molar-refractivity contribution in [1.82, 2.24) is 0 Å². The smallest absolute Gasteiger partial charge is 0.338 e. The number of esters is 1. The molecule has 0 aromatic heterocycles. The summed E-state index contributed by atoms with van der Waals surface area (Å²) in [5.74, 6) is 0.928. The number of hydrogen-bond acceptors (Lipinski definition) is 7. The average molecular weight is 360 g/mol. The SMILES string of the molecule is COC(=O)c1cc(OC)cc(OCC(=O)c2cc(OC)cc(OC)c2)c1. The molecule has 0 spiro atoms. The summed E-state index contributed by atoms with van der Waals surface area (Å²) >= 11 is 0. The van der Waals surface area contributed by atoms with Crippen LogP contribution in [-0.4, -0.2) is 46.8 Å². The van der Waals surface area contributed by atoms with Crippen LogP contribution in [0.2, 0.25) is 0 Å². The second kappa shape index (κ2) is 8.75. The molecule has 0 unspecified atom stereocenters. The van der Waals surface area contributed by atoms with E-state index < -0.39 is 5.97 Å². The number of carbonyl (C=O) groups is 2. The molecule has 0 amide bonds. The zero-order chi connectivity index (χ0) is 19.1. The van der Waals surface area contributed by atoms with Gasteiger partial charge in [0.25, 0.3) is 0 Å². The third kappa shape index (κ3) is 4.66. The van der Waals surface area contributed by atoms with Crippen LogP contribution in [0.5, 0.6) is 23.0 Å². The zero-order valence-electron chi connectivity index (χ0n) is 15.0. The lowest BCUT2D eigenvalue weighted by Crippen LogP contribution is -2.12. The maximum atomic E-state index is 12.4. The molecule has 2 aromatic rings. The zero-order valence-corrected chi connectivity index (χ0v) is 15.0. The van der Waals surface area contributed by atoms with Gasteiger partial charge in [-0.3, -0.25) is 4.79 Å². The number of ether oxygens (including phenoxy) is 5. The maximum Gasteiger partial charge on any atom is 0.338 e. The van der Waals surface area contributed by atoms with Crippen LogP contribution in [0, 0.1) is 0 Å². The van der Waals surface area contributed by atoms with Gasteiger partial charge in [-0.25, -0.2) is 4.79 Å². The molecule has 0 N–H and O–H groups in total. The topological polar surface area (TPSA) is 80.3 Å². The number of Topliss-reactive ketones (excluding diaryl/α,β-unsaturated/α-hetero) is 1. The van der Waals surface area contributed by atoms with Crippen molar-refractivity contribution in [2.24, 2.45) is 0 Å². The molecule has 26 heavy (non-hydrogen) atoms. The Hall–Kier alpha value is -3.22. The highest BCUT2D eigenvalue weighted by Gasteiger charge is 2.14. The van der Waals surface area contributed by atoms with Gasteiger partial charge in [-0.05, 0) is 24.3 Å². The quantitative estimate of drug-likeness (QED) is 0.529. The van der Waals surface area contributed by atoms with Gasteiger partial charge in [0, 0.05) is 17.7 Å². The second-order valence-corrected chi connectivity index (χ2v) is 5.20. The van der Waals surface area contributed by atoms with Crippen molar-refractivity contribution in [2.45, 2.75) is 0 Å². The van der Waals surface area contributed by atoms with E-state index in [2.05, 4.69) is 0 Å². The first-order valence-corrected chi connectivity index (χ1v) is 7.67. The molecule has 0 saturated heterocycles. The van der Waals surface area contributed by atoms with E-state index in [1.54, 1.807) is 24.3 Å². The van der Waals surface area contributed by atoms with Crippen LogP contribution < -0.4 is 18.9 Å². The van der Waals surface area contributed by atoms with Crippen molar-refractivity contribution in [1.29, 1.82) is 0 Å². The number of benzene rings is 2. The van der Waals surface area contributed by atoms with Crippen LogP contribution in [0.1, 0.15) is 20.7 Å². The largest absolute Gasteiger partial charge is 0.497 e. The number of carbonyl (C=O) groups excluding carboxylic acids is 2. The number of hydrogen-bond donors (Lipinski definition) is 0. The minimum absolute atomic E-state index is 0.232.